The predicted octanol–water partition coefficient (Wildman–Crippen LogP) is -0.253. The number of methoxy groups -OCH3 is 1. The van der Waals surface area contributed by atoms with E-state index in [1.54, 1.807) is 29.2 Å². The number of carbonyl (C=O) groups is 2. The topological polar surface area (TPSA) is 92.8 Å². The Hall–Kier alpha value is -1.93. The van der Waals surface area contributed by atoms with E-state index in [0.29, 0.717) is 18.7 Å². The molecule has 0 aliphatic carbocycles. The smallest absolute Gasteiger partial charge is 0.333 e. The van der Waals surface area contributed by atoms with Crippen LogP contribution in [0.4, 0.5) is 0 Å². The molecule has 0 aromatic heterocycles. The van der Waals surface area contributed by atoms with Gasteiger partial charge in [0.2, 0.25) is 5.91 Å². The molecular weight excluding hydrogens is 320 g/mol. The normalized spacial score (nSPS) is 18.8. The van der Waals surface area contributed by atoms with Gasteiger partial charge in [0.15, 0.2) is 15.9 Å². The highest BCUT2D eigenvalue weighted by Gasteiger charge is 2.26. The first-order valence-corrected chi connectivity index (χ1v) is 9.08. The van der Waals surface area contributed by atoms with Crippen molar-refractivity contribution in [1.29, 1.82) is 0 Å². The van der Waals surface area contributed by atoms with E-state index < -0.39 is 21.8 Å². The number of esters is 1. The summed E-state index contributed by atoms with van der Waals surface area (Å²) in [4.78, 5) is 25.8. The Morgan fingerprint density at radius 3 is 2.39 bits per heavy atom. The van der Waals surface area contributed by atoms with Gasteiger partial charge < -0.3 is 10.1 Å². The summed E-state index contributed by atoms with van der Waals surface area (Å²) in [5.41, 5.74) is 0.633. The van der Waals surface area contributed by atoms with Crippen molar-refractivity contribution in [2.24, 2.45) is 0 Å². The summed E-state index contributed by atoms with van der Waals surface area (Å²) < 4.78 is 27.5. The van der Waals surface area contributed by atoms with Gasteiger partial charge in [0.25, 0.3) is 0 Å². The Morgan fingerprint density at radius 2 is 1.83 bits per heavy atom. The molecule has 1 aliphatic rings. The summed E-state index contributed by atoms with van der Waals surface area (Å²) in [5, 5.41) is 2.65. The van der Waals surface area contributed by atoms with Crippen LogP contribution in [0, 0.1) is 0 Å². The van der Waals surface area contributed by atoms with Gasteiger partial charge in [-0.2, -0.15) is 0 Å². The Labute approximate surface area is 135 Å². The number of benzene rings is 1. The number of nitrogens with one attached hydrogen (secondary N) is 1. The third kappa shape index (κ3) is 5.04. The molecule has 1 aromatic carbocycles. The molecule has 1 saturated heterocycles. The van der Waals surface area contributed by atoms with Gasteiger partial charge in [-0.15, -0.1) is 0 Å². The number of ether oxygens (including phenoxy) is 1. The molecule has 7 nitrogen and oxygen atoms in total. The molecule has 0 bridgehead atoms. The second-order valence-electron chi connectivity index (χ2n) is 5.36. The van der Waals surface area contributed by atoms with Crippen molar-refractivity contribution in [1.82, 2.24) is 10.2 Å². The molecule has 1 N–H and O–H groups in total. The second-order valence-corrected chi connectivity index (χ2v) is 7.67. The number of carbonyl (C=O) groups excluding carboxylic acids is 2. The maximum absolute atomic E-state index is 12.2. The first kappa shape index (κ1) is 17.4. The fraction of sp³-hybridized carbons (Fsp3) is 0.467. The molecule has 1 fully saturated rings. The molecule has 1 amide bonds. The van der Waals surface area contributed by atoms with E-state index in [4.69, 9.17) is 4.74 Å². The lowest BCUT2D eigenvalue weighted by Gasteiger charge is -2.26. The van der Waals surface area contributed by atoms with Gasteiger partial charge in [-0.25, -0.2) is 13.2 Å². The van der Waals surface area contributed by atoms with Crippen LogP contribution in [-0.2, 0) is 24.2 Å². The molecule has 1 aliphatic heterocycles. The van der Waals surface area contributed by atoms with Crippen molar-refractivity contribution in [3.05, 3.63) is 35.9 Å². The summed E-state index contributed by atoms with van der Waals surface area (Å²) in [6, 6.07) is 7.94. The van der Waals surface area contributed by atoms with Crippen LogP contribution in [0.1, 0.15) is 11.6 Å². The van der Waals surface area contributed by atoms with Crippen molar-refractivity contribution in [2.75, 3.05) is 38.2 Å². The third-order valence-corrected chi connectivity index (χ3v) is 5.29. The second kappa shape index (κ2) is 7.56. The minimum absolute atomic E-state index is 0.0514. The fourth-order valence-electron chi connectivity index (χ4n) is 2.36. The summed E-state index contributed by atoms with van der Waals surface area (Å²) in [7, 11) is -1.72. The van der Waals surface area contributed by atoms with Crippen LogP contribution in [-0.4, -0.2) is 63.4 Å². The molecule has 0 unspecified atom stereocenters. The van der Waals surface area contributed by atoms with Crippen molar-refractivity contribution in [3.8, 4) is 0 Å². The van der Waals surface area contributed by atoms with Crippen LogP contribution in [0.3, 0.4) is 0 Å². The van der Waals surface area contributed by atoms with E-state index in [9.17, 15) is 18.0 Å². The zero-order valence-electron chi connectivity index (χ0n) is 12.9. The molecule has 1 aromatic rings. The molecule has 1 atom stereocenters. The molecule has 126 valence electrons. The number of sulfone groups is 1. The molecular formula is C15H20N2O5S. The first-order valence-electron chi connectivity index (χ1n) is 7.26. The van der Waals surface area contributed by atoms with Crippen LogP contribution in [0.15, 0.2) is 30.3 Å². The lowest BCUT2D eigenvalue weighted by atomic mass is 10.1. The van der Waals surface area contributed by atoms with Gasteiger partial charge in [0.1, 0.15) is 0 Å². The predicted molar refractivity (Wildman–Crippen MR) is 84.4 cm³/mol. The minimum Gasteiger partial charge on any atom is -0.467 e. The molecule has 0 spiro atoms. The molecule has 8 heteroatoms. The first-order chi connectivity index (χ1) is 10.9. The Kier molecular flexibility index (Phi) is 5.73. The Balaban J connectivity index is 1.97. The maximum Gasteiger partial charge on any atom is 0.333 e. The maximum atomic E-state index is 12.2. The molecule has 23 heavy (non-hydrogen) atoms. The lowest BCUT2D eigenvalue weighted by Crippen LogP contribution is -2.46. The van der Waals surface area contributed by atoms with E-state index in [-0.39, 0.29) is 24.0 Å². The summed E-state index contributed by atoms with van der Waals surface area (Å²) in [6.07, 6.45) is 0. The number of rotatable bonds is 5. The van der Waals surface area contributed by atoms with Crippen LogP contribution in [0.2, 0.25) is 0 Å². The SMILES string of the molecule is COC(=O)[C@H](NC(=O)CN1CCS(=O)(=O)CC1)c1ccccc1. The van der Waals surface area contributed by atoms with Crippen LogP contribution >= 0.6 is 0 Å². The van der Waals surface area contributed by atoms with E-state index in [2.05, 4.69) is 5.32 Å². The van der Waals surface area contributed by atoms with E-state index in [1.165, 1.54) is 7.11 Å². The number of hydrogen-bond donors (Lipinski definition) is 1. The van der Waals surface area contributed by atoms with Gasteiger partial charge in [-0.1, -0.05) is 30.3 Å². The van der Waals surface area contributed by atoms with E-state index in [1.807, 2.05) is 6.07 Å². The quantitative estimate of drug-likeness (QED) is 0.743. The standard InChI is InChI=1S/C15H20N2O5S/c1-22-15(19)14(12-5-3-2-4-6-12)16-13(18)11-17-7-9-23(20,21)10-8-17/h2-6,14H,7-11H2,1H3,(H,16,18)/t14-/m1/s1. The van der Waals surface area contributed by atoms with Crippen molar-refractivity contribution in [3.63, 3.8) is 0 Å². The van der Waals surface area contributed by atoms with Gasteiger partial charge in [0, 0.05) is 13.1 Å². The average Bonchev–Trinajstić information content (AvgIpc) is 2.55. The third-order valence-electron chi connectivity index (χ3n) is 3.68. The fourth-order valence-corrected chi connectivity index (χ4v) is 3.64. The van der Waals surface area contributed by atoms with Gasteiger partial charge in [-0.3, -0.25) is 9.69 Å². The van der Waals surface area contributed by atoms with E-state index >= 15 is 0 Å². The zero-order valence-corrected chi connectivity index (χ0v) is 13.7. The minimum atomic E-state index is -2.98. The van der Waals surface area contributed by atoms with Crippen LogP contribution < -0.4 is 5.32 Å². The monoisotopic (exact) mass is 340 g/mol. The van der Waals surface area contributed by atoms with Gasteiger partial charge in [-0.05, 0) is 5.56 Å². The van der Waals surface area contributed by atoms with Crippen molar-refractivity contribution in [2.45, 2.75) is 6.04 Å². The summed E-state index contributed by atoms with van der Waals surface area (Å²) >= 11 is 0. The number of nitrogens with zero attached hydrogens (tertiary/aromatic N) is 1. The molecule has 1 heterocycles. The molecule has 0 radical (unpaired) electrons. The Bertz CT molecular complexity index is 646. The van der Waals surface area contributed by atoms with Crippen molar-refractivity contribution < 1.29 is 22.7 Å². The molecule has 0 saturated carbocycles. The van der Waals surface area contributed by atoms with Crippen LogP contribution in [0.25, 0.3) is 0 Å². The number of amides is 1. The summed E-state index contributed by atoms with van der Waals surface area (Å²) in [6.45, 7) is 0.698. The van der Waals surface area contributed by atoms with Gasteiger partial charge in [0.05, 0.1) is 25.2 Å². The lowest BCUT2D eigenvalue weighted by molar-refractivity contribution is -0.145. The zero-order chi connectivity index (χ0) is 16.9. The molecule has 2 rings (SSSR count). The Morgan fingerprint density at radius 1 is 1.22 bits per heavy atom. The number of hydrogen-bond acceptors (Lipinski definition) is 6. The highest BCUT2D eigenvalue weighted by Crippen LogP contribution is 2.14. The summed E-state index contributed by atoms with van der Waals surface area (Å²) in [5.74, 6) is -0.784. The highest BCUT2D eigenvalue weighted by atomic mass is 32.2. The average molecular weight is 340 g/mol. The van der Waals surface area contributed by atoms with Gasteiger partial charge >= 0.3 is 5.97 Å². The van der Waals surface area contributed by atoms with Crippen LogP contribution in [0.5, 0.6) is 0 Å². The largest absolute Gasteiger partial charge is 0.467 e. The van der Waals surface area contributed by atoms with Crippen molar-refractivity contribution >= 4 is 21.7 Å². The van der Waals surface area contributed by atoms with E-state index in [0.717, 1.165) is 0 Å². The highest BCUT2D eigenvalue weighted by molar-refractivity contribution is 7.91.